The second-order valence-electron chi connectivity index (χ2n) is 6.47. The second-order valence-corrected chi connectivity index (χ2v) is 6.47. The molecule has 0 amide bonds. The molecule has 0 radical (unpaired) electrons. The maximum Gasteiger partial charge on any atom is 0.0511 e. The minimum atomic E-state index is 0.247. The third-order valence-electron chi connectivity index (χ3n) is 4.44. The minimum Gasteiger partial charge on any atom is -0.381 e. The van der Waals surface area contributed by atoms with Crippen molar-refractivity contribution in [1.82, 2.24) is 0 Å². The Morgan fingerprint density at radius 1 is 1.43 bits per heavy atom. The maximum atomic E-state index is 6.17. The number of nitrogens with zero attached hydrogens (tertiary/aromatic N) is 1. The number of aryl methyl sites for hydroxylation is 1. The molecule has 3 heteroatoms. The van der Waals surface area contributed by atoms with Crippen molar-refractivity contribution in [3.63, 3.8) is 0 Å². The van der Waals surface area contributed by atoms with Gasteiger partial charge in [0.1, 0.15) is 0 Å². The summed E-state index contributed by atoms with van der Waals surface area (Å²) >= 11 is 0. The fraction of sp³-hybridized carbons (Fsp3) is 0.667. The number of anilines is 1. The monoisotopic (exact) mass is 290 g/mol. The van der Waals surface area contributed by atoms with Crippen LogP contribution >= 0.6 is 0 Å². The number of ether oxygens (including phenoxy) is 1. The molecule has 21 heavy (non-hydrogen) atoms. The van der Waals surface area contributed by atoms with E-state index in [9.17, 15) is 0 Å². The lowest BCUT2D eigenvalue weighted by Gasteiger charge is -2.30. The van der Waals surface area contributed by atoms with Gasteiger partial charge in [-0.15, -0.1) is 0 Å². The van der Waals surface area contributed by atoms with Gasteiger partial charge in [0.25, 0.3) is 0 Å². The lowest BCUT2D eigenvalue weighted by atomic mass is 9.98. The minimum absolute atomic E-state index is 0.247. The fourth-order valence-electron chi connectivity index (χ4n) is 3.11. The first-order chi connectivity index (χ1) is 10.1. The highest BCUT2D eigenvalue weighted by molar-refractivity contribution is 5.55. The quantitative estimate of drug-likeness (QED) is 0.875. The molecule has 1 aromatic rings. The SMILES string of the molecule is CCC(N)Cc1cc(C)ccc1N(C)CC1CCCOC1. The van der Waals surface area contributed by atoms with Gasteiger partial charge in [0.05, 0.1) is 6.61 Å². The van der Waals surface area contributed by atoms with Crippen LogP contribution in [0.3, 0.4) is 0 Å². The normalized spacial score (nSPS) is 20.3. The van der Waals surface area contributed by atoms with Crippen LogP contribution in [0, 0.1) is 12.8 Å². The summed E-state index contributed by atoms with van der Waals surface area (Å²) < 4.78 is 5.60. The molecule has 1 aliphatic heterocycles. The van der Waals surface area contributed by atoms with Crippen molar-refractivity contribution < 1.29 is 4.74 Å². The third kappa shape index (κ3) is 4.72. The van der Waals surface area contributed by atoms with Crippen molar-refractivity contribution in [2.45, 2.75) is 45.6 Å². The summed E-state index contributed by atoms with van der Waals surface area (Å²) in [5.41, 5.74) is 10.2. The fourth-order valence-corrected chi connectivity index (χ4v) is 3.11. The second kappa shape index (κ2) is 7.81. The summed E-state index contributed by atoms with van der Waals surface area (Å²) in [5.74, 6) is 0.651. The van der Waals surface area contributed by atoms with Gasteiger partial charge in [-0.2, -0.15) is 0 Å². The summed E-state index contributed by atoms with van der Waals surface area (Å²) in [6.45, 7) is 7.21. The molecule has 1 fully saturated rings. The molecule has 2 N–H and O–H groups in total. The molecule has 0 bridgehead atoms. The van der Waals surface area contributed by atoms with Crippen LogP contribution in [0.4, 0.5) is 5.69 Å². The van der Waals surface area contributed by atoms with Gasteiger partial charge < -0.3 is 15.4 Å². The van der Waals surface area contributed by atoms with Crippen LogP contribution in [0.2, 0.25) is 0 Å². The summed E-state index contributed by atoms with van der Waals surface area (Å²) in [4.78, 5) is 2.39. The Morgan fingerprint density at radius 3 is 2.90 bits per heavy atom. The molecular formula is C18H30N2O. The van der Waals surface area contributed by atoms with Crippen molar-refractivity contribution in [2.75, 3.05) is 31.7 Å². The van der Waals surface area contributed by atoms with E-state index in [1.165, 1.54) is 29.7 Å². The van der Waals surface area contributed by atoms with Gasteiger partial charge >= 0.3 is 0 Å². The van der Waals surface area contributed by atoms with Gasteiger partial charge in [0, 0.05) is 31.9 Å². The van der Waals surface area contributed by atoms with E-state index in [-0.39, 0.29) is 6.04 Å². The van der Waals surface area contributed by atoms with Crippen molar-refractivity contribution >= 4 is 5.69 Å². The van der Waals surface area contributed by atoms with Crippen LogP contribution in [-0.2, 0) is 11.2 Å². The molecule has 0 saturated carbocycles. The Balaban J connectivity index is 2.09. The molecule has 2 atom stereocenters. The van der Waals surface area contributed by atoms with E-state index in [1.807, 2.05) is 0 Å². The van der Waals surface area contributed by atoms with E-state index in [0.29, 0.717) is 5.92 Å². The molecule has 0 spiro atoms. The zero-order valence-electron chi connectivity index (χ0n) is 13.8. The van der Waals surface area contributed by atoms with Crippen LogP contribution in [0.15, 0.2) is 18.2 Å². The van der Waals surface area contributed by atoms with Crippen LogP contribution < -0.4 is 10.6 Å². The Bertz CT molecular complexity index is 441. The Labute approximate surface area is 129 Å². The third-order valence-corrected chi connectivity index (χ3v) is 4.44. The Kier molecular flexibility index (Phi) is 6.07. The molecule has 2 unspecified atom stereocenters. The van der Waals surface area contributed by atoms with Gasteiger partial charge in [0.2, 0.25) is 0 Å². The highest BCUT2D eigenvalue weighted by Gasteiger charge is 2.18. The van der Waals surface area contributed by atoms with Gasteiger partial charge in [-0.25, -0.2) is 0 Å². The number of hydrogen-bond acceptors (Lipinski definition) is 3. The Hall–Kier alpha value is -1.06. The van der Waals surface area contributed by atoms with Gasteiger partial charge in [-0.1, -0.05) is 24.6 Å². The molecule has 118 valence electrons. The van der Waals surface area contributed by atoms with Crippen molar-refractivity contribution in [3.05, 3.63) is 29.3 Å². The first-order valence-electron chi connectivity index (χ1n) is 8.24. The van der Waals surface area contributed by atoms with E-state index in [2.05, 4.69) is 44.0 Å². The first-order valence-corrected chi connectivity index (χ1v) is 8.24. The Morgan fingerprint density at radius 2 is 2.24 bits per heavy atom. The molecule has 0 aromatic heterocycles. The first kappa shape index (κ1) is 16.3. The van der Waals surface area contributed by atoms with E-state index in [4.69, 9.17) is 10.5 Å². The maximum absolute atomic E-state index is 6.17. The van der Waals surface area contributed by atoms with E-state index in [1.54, 1.807) is 0 Å². The molecule has 0 aliphatic carbocycles. The summed E-state index contributed by atoms with van der Waals surface area (Å²) in [6, 6.07) is 6.98. The van der Waals surface area contributed by atoms with Crippen LogP contribution in [0.25, 0.3) is 0 Å². The van der Waals surface area contributed by atoms with Gasteiger partial charge in [-0.3, -0.25) is 0 Å². The summed E-state index contributed by atoms with van der Waals surface area (Å²) in [6.07, 6.45) is 4.45. The molecule has 3 nitrogen and oxygen atoms in total. The zero-order valence-corrected chi connectivity index (χ0v) is 13.8. The standard InChI is InChI=1S/C18H30N2O/c1-4-17(19)11-16-10-14(2)7-8-18(16)20(3)12-15-6-5-9-21-13-15/h7-8,10,15,17H,4-6,9,11-13,19H2,1-3H3. The average Bonchev–Trinajstić information content (AvgIpc) is 2.48. The largest absolute Gasteiger partial charge is 0.381 e. The lowest BCUT2D eigenvalue weighted by Crippen LogP contribution is -2.32. The molecule has 1 saturated heterocycles. The number of hydrogen-bond donors (Lipinski definition) is 1. The molecule has 1 aromatic carbocycles. The van der Waals surface area contributed by atoms with Gasteiger partial charge in [0.15, 0.2) is 0 Å². The smallest absolute Gasteiger partial charge is 0.0511 e. The van der Waals surface area contributed by atoms with Gasteiger partial charge in [-0.05, 0) is 50.2 Å². The number of nitrogens with two attached hydrogens (primary N) is 1. The topological polar surface area (TPSA) is 38.5 Å². The summed E-state index contributed by atoms with van der Waals surface area (Å²) in [7, 11) is 2.19. The summed E-state index contributed by atoms with van der Waals surface area (Å²) in [5, 5.41) is 0. The molecule has 1 aliphatic rings. The lowest BCUT2D eigenvalue weighted by molar-refractivity contribution is 0.0576. The highest BCUT2D eigenvalue weighted by Crippen LogP contribution is 2.25. The van der Waals surface area contributed by atoms with E-state index < -0.39 is 0 Å². The number of benzene rings is 1. The predicted molar refractivity (Wildman–Crippen MR) is 90.0 cm³/mol. The molecule has 2 rings (SSSR count). The van der Waals surface area contributed by atoms with Crippen LogP contribution in [0.5, 0.6) is 0 Å². The van der Waals surface area contributed by atoms with E-state index >= 15 is 0 Å². The van der Waals surface area contributed by atoms with Crippen molar-refractivity contribution in [1.29, 1.82) is 0 Å². The molecule has 1 heterocycles. The van der Waals surface area contributed by atoms with Crippen LogP contribution in [-0.4, -0.2) is 32.8 Å². The van der Waals surface area contributed by atoms with Crippen molar-refractivity contribution in [3.8, 4) is 0 Å². The van der Waals surface area contributed by atoms with Crippen LogP contribution in [0.1, 0.15) is 37.3 Å². The highest BCUT2D eigenvalue weighted by atomic mass is 16.5. The molecular weight excluding hydrogens is 260 g/mol. The average molecular weight is 290 g/mol. The number of rotatable bonds is 6. The predicted octanol–water partition coefficient (Wildman–Crippen LogP) is 3.14. The van der Waals surface area contributed by atoms with E-state index in [0.717, 1.165) is 32.6 Å². The zero-order chi connectivity index (χ0) is 15.2. The van der Waals surface area contributed by atoms with Crippen molar-refractivity contribution in [2.24, 2.45) is 11.7 Å².